The fraction of sp³-hybridized carbons (Fsp3) is 0.389. The highest BCUT2D eigenvalue weighted by Crippen LogP contribution is 2.38. The van der Waals surface area contributed by atoms with E-state index in [2.05, 4.69) is 16.0 Å². The van der Waals surface area contributed by atoms with Crippen molar-refractivity contribution in [3.05, 3.63) is 76.7 Å². The van der Waals surface area contributed by atoms with Crippen LogP contribution in [-0.4, -0.2) is 74.2 Å². The highest BCUT2D eigenvalue weighted by Gasteiger charge is 2.30. The van der Waals surface area contributed by atoms with Gasteiger partial charge in [0.25, 0.3) is 11.8 Å². The molecule has 3 aromatic heterocycles. The van der Waals surface area contributed by atoms with Crippen molar-refractivity contribution in [2.75, 3.05) is 27.2 Å². The molecular formula is C36H41FN8O3. The Morgan fingerprint density at radius 2 is 1.88 bits per heavy atom. The number of carbonyl (C=O) groups excluding carboxylic acids is 2. The normalized spacial score (nSPS) is 17.6. The number of aromatic nitrogens is 4. The molecule has 1 aliphatic heterocycles. The van der Waals surface area contributed by atoms with Gasteiger partial charge in [-0.05, 0) is 87.1 Å². The maximum atomic E-state index is 13.9. The summed E-state index contributed by atoms with van der Waals surface area (Å²) in [7, 11) is 5.45. The van der Waals surface area contributed by atoms with Crippen LogP contribution >= 0.6 is 0 Å². The number of ether oxygens (including phenoxy) is 1. The number of pyridine rings is 1. The highest BCUT2D eigenvalue weighted by molar-refractivity contribution is 6.00. The van der Waals surface area contributed by atoms with E-state index in [4.69, 9.17) is 20.4 Å². The topological polar surface area (TPSA) is 124 Å². The van der Waals surface area contributed by atoms with Gasteiger partial charge in [0.1, 0.15) is 22.7 Å². The number of fused-ring (bicyclic) bond motifs is 2. The smallest absolute Gasteiger partial charge is 0.268 e. The fourth-order valence-electron chi connectivity index (χ4n) is 6.63. The Morgan fingerprint density at radius 3 is 2.62 bits per heavy atom. The van der Waals surface area contributed by atoms with E-state index in [-0.39, 0.29) is 17.9 Å². The van der Waals surface area contributed by atoms with Crippen molar-refractivity contribution in [3.63, 3.8) is 0 Å². The molecule has 1 saturated carbocycles. The number of nitrogens with two attached hydrogens (primary N) is 1. The number of rotatable bonds is 8. The third-order valence-electron chi connectivity index (χ3n) is 9.65. The molecule has 0 spiro atoms. The lowest BCUT2D eigenvalue weighted by Gasteiger charge is -2.38. The third-order valence-corrected chi connectivity index (χ3v) is 9.65. The van der Waals surface area contributed by atoms with E-state index in [1.165, 1.54) is 12.1 Å². The largest absolute Gasteiger partial charge is 0.494 e. The molecule has 1 saturated heterocycles. The molecular weight excluding hydrogens is 611 g/mol. The van der Waals surface area contributed by atoms with E-state index >= 15 is 0 Å². The van der Waals surface area contributed by atoms with Crippen LogP contribution < -0.4 is 15.8 Å². The summed E-state index contributed by atoms with van der Waals surface area (Å²) < 4.78 is 23.9. The molecule has 48 heavy (non-hydrogen) atoms. The molecule has 1 aliphatic carbocycles. The minimum absolute atomic E-state index is 0.0726. The molecule has 2 atom stereocenters. The van der Waals surface area contributed by atoms with Gasteiger partial charge in [-0.1, -0.05) is 6.07 Å². The number of benzene rings is 2. The number of nitrogens with one attached hydrogen (secondary N) is 1. The third kappa shape index (κ3) is 5.79. The van der Waals surface area contributed by atoms with Crippen LogP contribution in [-0.2, 0) is 13.6 Å². The summed E-state index contributed by atoms with van der Waals surface area (Å²) in [6.45, 7) is 5.60. The van der Waals surface area contributed by atoms with Gasteiger partial charge in [-0.3, -0.25) is 14.6 Å². The Labute approximate surface area is 278 Å². The maximum Gasteiger partial charge on any atom is 0.268 e. The predicted molar refractivity (Wildman–Crippen MR) is 182 cm³/mol. The summed E-state index contributed by atoms with van der Waals surface area (Å²) in [4.78, 5) is 36.9. The Hall–Kier alpha value is -4.81. The molecule has 5 aromatic rings. The first-order chi connectivity index (χ1) is 23.0. The van der Waals surface area contributed by atoms with Crippen LogP contribution in [0.4, 0.5) is 4.39 Å². The summed E-state index contributed by atoms with van der Waals surface area (Å²) in [6.07, 6.45) is 3.13. The average Bonchev–Trinajstić information content (AvgIpc) is 3.75. The molecule has 250 valence electrons. The molecule has 2 aromatic carbocycles. The number of imidazole rings is 1. The predicted octanol–water partition coefficient (Wildman–Crippen LogP) is 4.97. The second kappa shape index (κ2) is 12.3. The van der Waals surface area contributed by atoms with E-state index in [9.17, 15) is 14.0 Å². The lowest BCUT2D eigenvalue weighted by atomic mass is 10.1. The molecule has 7 rings (SSSR count). The molecule has 3 N–H and O–H groups in total. The molecule has 4 heterocycles. The van der Waals surface area contributed by atoms with Crippen LogP contribution in [0, 0.1) is 18.7 Å². The Kier molecular flexibility index (Phi) is 8.16. The Bertz CT molecular complexity index is 2070. The zero-order valence-corrected chi connectivity index (χ0v) is 28.0. The first kappa shape index (κ1) is 31.8. The summed E-state index contributed by atoms with van der Waals surface area (Å²) in [5, 5.41) is 7.55. The SMILES string of the molecule is COc1cc(C(=O)N2C[C@H](N)CCN2C)cc2nc(-c3cc4ccc([C@@H](C)NC(=O)c5cc(F)ccc5C)nc4n3CC3CC3)n(C)c12. The molecule has 12 heteroatoms. The van der Waals surface area contributed by atoms with Crippen LogP contribution in [0.25, 0.3) is 33.6 Å². The van der Waals surface area contributed by atoms with Crippen molar-refractivity contribution in [3.8, 4) is 17.3 Å². The van der Waals surface area contributed by atoms with Gasteiger partial charge in [0.05, 0.1) is 36.6 Å². The lowest BCUT2D eigenvalue weighted by Crippen LogP contribution is -2.55. The van der Waals surface area contributed by atoms with Crippen molar-refractivity contribution in [2.24, 2.45) is 18.7 Å². The first-order valence-corrected chi connectivity index (χ1v) is 16.4. The van der Waals surface area contributed by atoms with E-state index in [0.717, 1.165) is 53.9 Å². The standard InChI is InChI=1S/C36H41FN8O3/c1-20-6-10-25(37)17-27(20)35(46)39-21(2)28-11-9-23-15-30(44(33(23)40-28)18-22-7-8-22)34-41-29-14-24(16-31(48-5)32(29)43(34)4)36(47)45-19-26(38)12-13-42(45)3/h6,9-11,14-17,21-22,26H,7-8,12-13,18-19,38H2,1-5H3,(H,39,46)/t21-,26-/m1/s1. The summed E-state index contributed by atoms with van der Waals surface area (Å²) in [5.41, 5.74) is 11.5. The van der Waals surface area contributed by atoms with Crippen molar-refractivity contribution in [2.45, 2.75) is 51.7 Å². The number of hydrogen-bond donors (Lipinski definition) is 2. The van der Waals surface area contributed by atoms with Gasteiger partial charge >= 0.3 is 0 Å². The molecule has 0 radical (unpaired) electrons. The van der Waals surface area contributed by atoms with Gasteiger partial charge in [0.15, 0.2) is 5.82 Å². The number of methoxy groups -OCH3 is 1. The van der Waals surface area contributed by atoms with Gasteiger partial charge in [-0.15, -0.1) is 0 Å². The number of halogens is 1. The van der Waals surface area contributed by atoms with Crippen molar-refractivity contribution in [1.29, 1.82) is 0 Å². The Balaban J connectivity index is 1.26. The van der Waals surface area contributed by atoms with Crippen molar-refractivity contribution >= 4 is 33.9 Å². The van der Waals surface area contributed by atoms with Crippen LogP contribution in [0.1, 0.15) is 64.2 Å². The van der Waals surface area contributed by atoms with Gasteiger partial charge in [-0.2, -0.15) is 0 Å². The average molecular weight is 653 g/mol. The highest BCUT2D eigenvalue weighted by atomic mass is 19.1. The molecule has 2 fully saturated rings. The zero-order chi connectivity index (χ0) is 33.9. The number of aryl methyl sites for hydroxylation is 2. The van der Waals surface area contributed by atoms with Gasteiger partial charge in [-0.25, -0.2) is 19.4 Å². The van der Waals surface area contributed by atoms with Crippen LogP contribution in [0.3, 0.4) is 0 Å². The second-order valence-electron chi connectivity index (χ2n) is 13.2. The monoisotopic (exact) mass is 652 g/mol. The lowest BCUT2D eigenvalue weighted by molar-refractivity contribution is -0.0168. The Morgan fingerprint density at radius 1 is 1.08 bits per heavy atom. The molecule has 2 aliphatic rings. The zero-order valence-electron chi connectivity index (χ0n) is 28.0. The van der Waals surface area contributed by atoms with Crippen LogP contribution in [0.5, 0.6) is 5.75 Å². The molecule has 11 nitrogen and oxygen atoms in total. The molecule has 2 amide bonds. The minimum Gasteiger partial charge on any atom is -0.494 e. The van der Waals surface area contributed by atoms with E-state index in [1.54, 1.807) is 31.2 Å². The number of hydrazine groups is 1. The summed E-state index contributed by atoms with van der Waals surface area (Å²) >= 11 is 0. The summed E-state index contributed by atoms with van der Waals surface area (Å²) in [5.74, 6) is 0.882. The number of carbonyl (C=O) groups is 2. The van der Waals surface area contributed by atoms with Crippen LogP contribution in [0.2, 0.25) is 0 Å². The van der Waals surface area contributed by atoms with E-state index in [0.29, 0.717) is 52.7 Å². The molecule has 0 bridgehead atoms. The maximum absolute atomic E-state index is 13.9. The summed E-state index contributed by atoms with van der Waals surface area (Å²) in [6, 6.07) is 13.3. The number of hydrogen-bond acceptors (Lipinski definition) is 7. The van der Waals surface area contributed by atoms with Gasteiger partial charge in [0, 0.05) is 49.7 Å². The first-order valence-electron chi connectivity index (χ1n) is 16.4. The van der Waals surface area contributed by atoms with Crippen LogP contribution in [0.15, 0.2) is 48.5 Å². The quantitative estimate of drug-likeness (QED) is 0.243. The number of nitrogens with zero attached hydrogens (tertiary/aromatic N) is 6. The minimum atomic E-state index is -0.454. The molecule has 0 unspecified atom stereocenters. The fourth-order valence-corrected chi connectivity index (χ4v) is 6.63. The van der Waals surface area contributed by atoms with E-state index < -0.39 is 11.9 Å². The van der Waals surface area contributed by atoms with Crippen molar-refractivity contribution in [1.82, 2.24) is 34.4 Å². The van der Waals surface area contributed by atoms with Gasteiger partial charge in [0.2, 0.25) is 0 Å². The van der Waals surface area contributed by atoms with Crippen molar-refractivity contribution < 1.29 is 18.7 Å². The number of amides is 2. The van der Waals surface area contributed by atoms with Gasteiger partial charge < -0.3 is 24.9 Å². The second-order valence-corrected chi connectivity index (χ2v) is 13.2. The van der Waals surface area contributed by atoms with E-state index in [1.807, 2.05) is 48.8 Å².